The minimum atomic E-state index is 0.819. The van der Waals surface area contributed by atoms with Crippen LogP contribution in [0.25, 0.3) is 0 Å². The second kappa shape index (κ2) is 34.4. The highest BCUT2D eigenvalue weighted by Gasteiger charge is 2.14. The van der Waals surface area contributed by atoms with E-state index in [-0.39, 0.29) is 0 Å². The van der Waals surface area contributed by atoms with Crippen LogP contribution in [0.1, 0.15) is 66.0 Å². The van der Waals surface area contributed by atoms with Gasteiger partial charge in [0.15, 0.2) is 0 Å². The minimum Gasteiger partial charge on any atom is -0.400 e. The Morgan fingerprint density at radius 2 is 0.805 bits per heavy atom. The summed E-state index contributed by atoms with van der Waals surface area (Å²) in [4.78, 5) is 9.83. The molecule has 2 aliphatic heterocycles. The third-order valence-corrected chi connectivity index (χ3v) is 5.98. The lowest BCUT2D eigenvalue weighted by atomic mass is 10.2. The molecule has 6 heteroatoms. The molecule has 0 aliphatic carbocycles. The van der Waals surface area contributed by atoms with E-state index in [0.717, 1.165) is 26.8 Å². The lowest BCUT2D eigenvalue weighted by Gasteiger charge is -2.32. The Labute approximate surface area is 256 Å². The van der Waals surface area contributed by atoms with Crippen LogP contribution in [0.3, 0.4) is 0 Å². The fourth-order valence-corrected chi connectivity index (χ4v) is 3.70. The first-order chi connectivity index (χ1) is 20.0. The van der Waals surface area contributed by atoms with Crippen LogP contribution in [0.4, 0.5) is 0 Å². The lowest BCUT2D eigenvalue weighted by Crippen LogP contribution is -2.43. The Morgan fingerprint density at radius 3 is 1.02 bits per heavy atom. The molecule has 2 aliphatic rings. The Bertz CT molecular complexity index is 641. The van der Waals surface area contributed by atoms with Gasteiger partial charge in [-0.05, 0) is 32.1 Å². The van der Waals surface area contributed by atoms with Crippen molar-refractivity contribution in [2.75, 3.05) is 87.3 Å². The van der Waals surface area contributed by atoms with Gasteiger partial charge in [0.25, 0.3) is 0 Å². The van der Waals surface area contributed by atoms with E-state index >= 15 is 0 Å². The molecule has 0 unspecified atom stereocenters. The number of aliphatic hydroxyl groups excluding tert-OH is 1. The fourth-order valence-electron chi connectivity index (χ4n) is 3.70. The SMILES string of the molecule is CC.CC.CCC.CCOC.CN1CCN(Cc2ccccc2)CC1.CN1CCN(Cc2ccccc2)CC1.CO. The average Bonchev–Trinajstić information content (AvgIpc) is 3.04. The zero-order valence-corrected chi connectivity index (χ0v) is 28.9. The van der Waals surface area contributed by atoms with Gasteiger partial charge in [-0.25, -0.2) is 0 Å². The molecule has 2 aromatic carbocycles. The number of aliphatic hydroxyl groups is 1. The van der Waals surface area contributed by atoms with Crippen molar-refractivity contribution in [2.24, 2.45) is 0 Å². The molecular formula is C35H68N4O2. The van der Waals surface area contributed by atoms with Gasteiger partial charge in [-0.2, -0.15) is 0 Å². The predicted molar refractivity (Wildman–Crippen MR) is 183 cm³/mol. The van der Waals surface area contributed by atoms with Crippen molar-refractivity contribution in [2.45, 2.75) is 68.0 Å². The van der Waals surface area contributed by atoms with Crippen molar-refractivity contribution in [1.29, 1.82) is 0 Å². The maximum absolute atomic E-state index is 7.00. The highest BCUT2D eigenvalue weighted by Crippen LogP contribution is 2.08. The average molecular weight is 577 g/mol. The highest BCUT2D eigenvalue weighted by atomic mass is 16.5. The van der Waals surface area contributed by atoms with Crippen LogP contribution in [-0.2, 0) is 17.8 Å². The molecule has 2 fully saturated rings. The summed E-state index contributed by atoms with van der Waals surface area (Å²) in [6.45, 7) is 26.8. The normalized spacial score (nSPS) is 15.1. The quantitative estimate of drug-likeness (QED) is 0.433. The molecule has 2 saturated heterocycles. The molecule has 0 atom stereocenters. The van der Waals surface area contributed by atoms with Gasteiger partial charge >= 0.3 is 0 Å². The third-order valence-electron chi connectivity index (χ3n) is 5.98. The molecule has 2 aromatic rings. The van der Waals surface area contributed by atoms with Crippen LogP contribution in [-0.4, -0.2) is 112 Å². The van der Waals surface area contributed by atoms with E-state index in [0.29, 0.717) is 0 Å². The van der Waals surface area contributed by atoms with Crippen LogP contribution in [0.15, 0.2) is 60.7 Å². The minimum absolute atomic E-state index is 0.819. The number of benzene rings is 2. The van der Waals surface area contributed by atoms with E-state index in [4.69, 9.17) is 5.11 Å². The monoisotopic (exact) mass is 577 g/mol. The van der Waals surface area contributed by atoms with Crippen molar-refractivity contribution >= 4 is 0 Å². The number of nitrogens with zero attached hydrogens (tertiary/aromatic N) is 4. The number of hydrogen-bond acceptors (Lipinski definition) is 6. The van der Waals surface area contributed by atoms with Crippen molar-refractivity contribution in [3.05, 3.63) is 71.8 Å². The molecule has 6 nitrogen and oxygen atoms in total. The summed E-state index contributed by atoms with van der Waals surface area (Å²) in [7, 11) is 7.07. The van der Waals surface area contributed by atoms with Crippen molar-refractivity contribution in [3.8, 4) is 0 Å². The van der Waals surface area contributed by atoms with Gasteiger partial charge in [-0.15, -0.1) is 0 Å². The fraction of sp³-hybridized carbons (Fsp3) is 0.657. The first-order valence-corrected chi connectivity index (χ1v) is 15.9. The Kier molecular flexibility index (Phi) is 36.6. The van der Waals surface area contributed by atoms with E-state index < -0.39 is 0 Å². The zero-order chi connectivity index (χ0) is 31.7. The largest absolute Gasteiger partial charge is 0.400 e. The highest BCUT2D eigenvalue weighted by molar-refractivity contribution is 5.15. The third kappa shape index (κ3) is 26.8. The molecule has 240 valence electrons. The summed E-state index contributed by atoms with van der Waals surface area (Å²) >= 11 is 0. The molecule has 0 radical (unpaired) electrons. The van der Waals surface area contributed by atoms with Crippen LogP contribution in [0.2, 0.25) is 0 Å². The first-order valence-electron chi connectivity index (χ1n) is 15.9. The van der Waals surface area contributed by atoms with Crippen molar-refractivity contribution < 1.29 is 9.84 Å². The molecule has 0 spiro atoms. The number of ether oxygens (including phenoxy) is 1. The molecule has 0 bridgehead atoms. The van der Waals surface area contributed by atoms with Gasteiger partial charge in [-0.1, -0.05) is 109 Å². The Morgan fingerprint density at radius 1 is 0.561 bits per heavy atom. The zero-order valence-electron chi connectivity index (χ0n) is 28.9. The molecule has 0 saturated carbocycles. The smallest absolute Gasteiger partial charge is 0.0433 e. The lowest BCUT2D eigenvalue weighted by molar-refractivity contribution is 0.148. The molecule has 4 rings (SSSR count). The van der Waals surface area contributed by atoms with Gasteiger partial charge in [-0.3, -0.25) is 9.80 Å². The summed E-state index contributed by atoms with van der Waals surface area (Å²) in [5.74, 6) is 0. The first kappa shape index (κ1) is 43.7. The van der Waals surface area contributed by atoms with Gasteiger partial charge in [0.05, 0.1) is 0 Å². The standard InChI is InChI=1S/2C12H18N2.C3H8O.C3H8.2C2H6.CH4O/c2*1-13-7-9-14(10-8-13)11-12-5-3-2-4-6-12;1-3-4-2;1-3-2;3*1-2/h2*2-6H,7-11H2,1H3;3H2,1-2H3;3H2,1-2H3;2*1-2H3;2H,1H3. The maximum Gasteiger partial charge on any atom is 0.0433 e. The van der Waals surface area contributed by atoms with E-state index in [1.165, 1.54) is 69.9 Å². The van der Waals surface area contributed by atoms with E-state index in [1.54, 1.807) is 7.11 Å². The number of hydrogen-bond donors (Lipinski definition) is 1. The van der Waals surface area contributed by atoms with Crippen LogP contribution < -0.4 is 0 Å². The summed E-state index contributed by atoms with van der Waals surface area (Å²) in [6.07, 6.45) is 1.25. The van der Waals surface area contributed by atoms with E-state index in [1.807, 2.05) is 34.6 Å². The van der Waals surface area contributed by atoms with Gasteiger partial charge in [0.1, 0.15) is 0 Å². The molecule has 2 heterocycles. The second-order valence-corrected chi connectivity index (χ2v) is 9.41. The molecule has 1 N–H and O–H groups in total. The molecule has 0 aromatic heterocycles. The number of methoxy groups -OCH3 is 1. The topological polar surface area (TPSA) is 42.4 Å². The van der Waals surface area contributed by atoms with Crippen LogP contribution in [0.5, 0.6) is 0 Å². The number of likely N-dealkylation sites (N-methyl/N-ethyl adjacent to an activating group) is 2. The summed E-state index contributed by atoms with van der Waals surface area (Å²) in [5.41, 5.74) is 2.86. The van der Waals surface area contributed by atoms with E-state index in [2.05, 4.69) is 113 Å². The van der Waals surface area contributed by atoms with E-state index in [9.17, 15) is 0 Å². The number of rotatable bonds is 5. The molecule has 0 amide bonds. The van der Waals surface area contributed by atoms with Gasteiger partial charge in [0, 0.05) is 86.3 Å². The van der Waals surface area contributed by atoms with Crippen molar-refractivity contribution in [1.82, 2.24) is 19.6 Å². The van der Waals surface area contributed by atoms with Gasteiger partial charge in [0.2, 0.25) is 0 Å². The summed E-state index contributed by atoms with van der Waals surface area (Å²) in [6, 6.07) is 21.4. The summed E-state index contributed by atoms with van der Waals surface area (Å²) in [5, 5.41) is 7.00. The van der Waals surface area contributed by atoms with Crippen molar-refractivity contribution in [3.63, 3.8) is 0 Å². The Hall–Kier alpha value is -1.80. The second-order valence-electron chi connectivity index (χ2n) is 9.41. The summed E-state index contributed by atoms with van der Waals surface area (Å²) < 4.78 is 4.54. The van der Waals surface area contributed by atoms with Crippen LogP contribution in [0, 0.1) is 0 Å². The number of piperazine rings is 2. The molecule has 41 heavy (non-hydrogen) atoms. The van der Waals surface area contributed by atoms with Gasteiger partial charge < -0.3 is 19.6 Å². The molecular weight excluding hydrogens is 508 g/mol. The predicted octanol–water partition coefficient (Wildman–Crippen LogP) is 6.60. The Balaban J connectivity index is -0.000000502. The van der Waals surface area contributed by atoms with Crippen LogP contribution >= 0.6 is 0 Å². The maximum atomic E-state index is 7.00.